The Kier molecular flexibility index (Phi) is 2.04. The summed E-state index contributed by atoms with van der Waals surface area (Å²) in [6.45, 7) is 0. The fraction of sp³-hybridized carbons (Fsp3) is 0.500. The van der Waals surface area contributed by atoms with Crippen LogP contribution in [0.4, 0.5) is 0 Å². The van der Waals surface area contributed by atoms with Gasteiger partial charge in [0, 0.05) is 0 Å². The molecule has 1 aliphatic carbocycles. The van der Waals surface area contributed by atoms with Crippen molar-refractivity contribution in [3.05, 3.63) is 24.3 Å². The molecule has 0 fully saturated rings. The van der Waals surface area contributed by atoms with Crippen LogP contribution in [0.3, 0.4) is 0 Å². The van der Waals surface area contributed by atoms with Crippen molar-refractivity contribution in [3.63, 3.8) is 0 Å². The average Bonchev–Trinajstić information content (AvgIpc) is 2.08. The van der Waals surface area contributed by atoms with Gasteiger partial charge in [-0.25, -0.2) is 0 Å². The van der Waals surface area contributed by atoms with Crippen molar-refractivity contribution in [2.24, 2.45) is 0 Å². The molecule has 0 atom stereocenters. The third kappa shape index (κ3) is 1.85. The molecule has 1 aliphatic rings. The van der Waals surface area contributed by atoms with Gasteiger partial charge in [0.05, 0.1) is 0 Å². The van der Waals surface area contributed by atoms with Crippen LogP contribution in [0.5, 0.6) is 0 Å². The van der Waals surface area contributed by atoms with Crippen LogP contribution in [0.15, 0.2) is 24.3 Å². The van der Waals surface area contributed by atoms with Gasteiger partial charge in [0.15, 0.2) is 0 Å². The van der Waals surface area contributed by atoms with Crippen LogP contribution in [-0.4, -0.2) is 18.4 Å². The normalized spacial score (nSPS) is 19.4. The van der Waals surface area contributed by atoms with Crippen LogP contribution in [-0.2, 0) is 0 Å². The maximum absolute atomic E-state index is 2.47. The summed E-state index contributed by atoms with van der Waals surface area (Å²) in [6, 6.07) is 0. The standard InChI is InChI=1S/C5H5.3CH3.Sn/c1-2-4-5-3-1;;;;/h1-5H;3*1H3;. The Balaban J connectivity index is 2.64. The summed E-state index contributed by atoms with van der Waals surface area (Å²) in [4.78, 5) is 7.41. The van der Waals surface area contributed by atoms with Gasteiger partial charge in [-0.1, -0.05) is 0 Å². The Morgan fingerprint density at radius 3 is 1.67 bits per heavy atom. The molecule has 0 radical (unpaired) electrons. The number of hydrogen-bond acceptors (Lipinski definition) is 0. The Morgan fingerprint density at radius 2 is 1.44 bits per heavy atom. The maximum atomic E-state index is 2.47. The molecule has 0 nitrogen and oxygen atoms in total. The summed E-state index contributed by atoms with van der Waals surface area (Å²) in [5.41, 5.74) is 0. The average molecular weight is 229 g/mol. The summed E-state index contributed by atoms with van der Waals surface area (Å²) in [5, 5.41) is 0. The molecular weight excluding hydrogens is 215 g/mol. The zero-order chi connectivity index (χ0) is 6.91. The molecule has 0 spiro atoms. The first kappa shape index (κ1) is 7.39. The molecule has 0 saturated carbocycles. The molecule has 0 amide bonds. The Labute approximate surface area is 61.5 Å². The number of rotatable bonds is 1. The van der Waals surface area contributed by atoms with E-state index in [-0.39, 0.29) is 0 Å². The topological polar surface area (TPSA) is 0 Å². The van der Waals surface area contributed by atoms with E-state index in [1.807, 2.05) is 0 Å². The second-order valence-corrected chi connectivity index (χ2v) is 19.1. The van der Waals surface area contributed by atoms with Crippen molar-refractivity contribution in [1.29, 1.82) is 0 Å². The summed E-state index contributed by atoms with van der Waals surface area (Å²) in [7, 11) is 0. The van der Waals surface area contributed by atoms with Crippen molar-refractivity contribution in [3.8, 4) is 0 Å². The minimum absolute atomic E-state index is 0.860. The molecule has 0 saturated heterocycles. The minimum atomic E-state index is -1.57. The van der Waals surface area contributed by atoms with Crippen molar-refractivity contribution in [2.45, 2.75) is 18.8 Å². The molecule has 1 heteroatoms. The summed E-state index contributed by atoms with van der Waals surface area (Å²) < 4.78 is 0.860. The fourth-order valence-corrected chi connectivity index (χ4v) is 4.94. The first-order valence-electron chi connectivity index (χ1n) is 3.46. The van der Waals surface area contributed by atoms with Gasteiger partial charge >= 0.3 is 61.4 Å². The molecule has 0 aromatic heterocycles. The molecule has 0 aliphatic heterocycles. The third-order valence-corrected chi connectivity index (χ3v) is 8.55. The second kappa shape index (κ2) is 2.49. The second-order valence-electron chi connectivity index (χ2n) is 3.66. The SMILES string of the molecule is [CH3][Sn]([CH3])([CH3])[CH]1C=CC=C1. The van der Waals surface area contributed by atoms with E-state index in [0.29, 0.717) is 0 Å². The van der Waals surface area contributed by atoms with Gasteiger partial charge < -0.3 is 0 Å². The van der Waals surface area contributed by atoms with E-state index in [0.717, 1.165) is 3.93 Å². The van der Waals surface area contributed by atoms with E-state index in [1.54, 1.807) is 0 Å². The Bertz CT molecular complexity index is 136. The predicted octanol–water partition coefficient (Wildman–Crippen LogP) is 2.82. The van der Waals surface area contributed by atoms with Crippen LogP contribution in [0.1, 0.15) is 0 Å². The summed E-state index contributed by atoms with van der Waals surface area (Å²) in [6.07, 6.45) is 9.03. The van der Waals surface area contributed by atoms with E-state index >= 15 is 0 Å². The first-order valence-corrected chi connectivity index (χ1v) is 13.7. The monoisotopic (exact) mass is 230 g/mol. The quantitative estimate of drug-likeness (QED) is 0.606. The van der Waals surface area contributed by atoms with Gasteiger partial charge in [-0.15, -0.1) is 0 Å². The molecule has 0 N–H and O–H groups in total. The molecule has 0 aromatic carbocycles. The van der Waals surface area contributed by atoms with Crippen molar-refractivity contribution < 1.29 is 0 Å². The van der Waals surface area contributed by atoms with E-state index in [1.165, 1.54) is 0 Å². The van der Waals surface area contributed by atoms with Gasteiger partial charge in [0.25, 0.3) is 0 Å². The zero-order valence-electron chi connectivity index (χ0n) is 6.39. The van der Waals surface area contributed by atoms with Gasteiger partial charge in [-0.3, -0.25) is 0 Å². The summed E-state index contributed by atoms with van der Waals surface area (Å²) in [5.74, 6) is 0. The van der Waals surface area contributed by atoms with Gasteiger partial charge in [-0.05, 0) is 0 Å². The molecule has 1 rings (SSSR count). The van der Waals surface area contributed by atoms with Gasteiger partial charge in [0.1, 0.15) is 0 Å². The van der Waals surface area contributed by atoms with Crippen LogP contribution in [0, 0.1) is 0 Å². The molecule has 0 bridgehead atoms. The van der Waals surface area contributed by atoms with Gasteiger partial charge in [-0.2, -0.15) is 0 Å². The van der Waals surface area contributed by atoms with Crippen molar-refractivity contribution in [1.82, 2.24) is 0 Å². The molecule has 0 aromatic rings. The number of hydrogen-bond donors (Lipinski definition) is 0. The van der Waals surface area contributed by atoms with E-state index in [4.69, 9.17) is 0 Å². The Morgan fingerprint density at radius 1 is 1.00 bits per heavy atom. The first-order chi connectivity index (χ1) is 4.11. The molecule has 0 heterocycles. The molecule has 9 heavy (non-hydrogen) atoms. The number of allylic oxidation sites excluding steroid dienone is 4. The predicted molar refractivity (Wildman–Crippen MR) is 45.4 cm³/mol. The molecule has 50 valence electrons. The van der Waals surface area contributed by atoms with Crippen LogP contribution in [0.2, 0.25) is 18.8 Å². The molecule has 0 unspecified atom stereocenters. The fourth-order valence-electron chi connectivity index (χ4n) is 1.01. The van der Waals surface area contributed by atoms with Crippen LogP contribution >= 0.6 is 0 Å². The van der Waals surface area contributed by atoms with Crippen LogP contribution in [0.25, 0.3) is 0 Å². The van der Waals surface area contributed by atoms with Gasteiger partial charge in [0.2, 0.25) is 0 Å². The van der Waals surface area contributed by atoms with E-state index in [2.05, 4.69) is 39.1 Å². The molecular formula is C8H14Sn. The summed E-state index contributed by atoms with van der Waals surface area (Å²) >= 11 is -1.57. The van der Waals surface area contributed by atoms with E-state index in [9.17, 15) is 0 Å². The van der Waals surface area contributed by atoms with Crippen LogP contribution < -0.4 is 0 Å². The third-order valence-electron chi connectivity index (χ3n) is 1.75. The Hall–Kier alpha value is 0.279. The zero-order valence-corrected chi connectivity index (χ0v) is 9.24. The van der Waals surface area contributed by atoms with Crippen molar-refractivity contribution >= 4 is 18.4 Å². The van der Waals surface area contributed by atoms with Crippen molar-refractivity contribution in [2.75, 3.05) is 0 Å². The van der Waals surface area contributed by atoms with E-state index < -0.39 is 18.4 Å².